The van der Waals surface area contributed by atoms with Gasteiger partial charge in [0.2, 0.25) is 0 Å². The van der Waals surface area contributed by atoms with Gasteiger partial charge in [-0.1, -0.05) is 6.07 Å². The summed E-state index contributed by atoms with van der Waals surface area (Å²) in [7, 11) is 1.78. The number of hydrogen-bond donors (Lipinski definition) is 1. The molecule has 0 atom stereocenters. The zero-order valence-electron chi connectivity index (χ0n) is 8.01. The van der Waals surface area contributed by atoms with Gasteiger partial charge in [-0.3, -0.25) is 4.57 Å². The van der Waals surface area contributed by atoms with Gasteiger partial charge in [-0.05, 0) is 31.0 Å². The van der Waals surface area contributed by atoms with Crippen LogP contribution in [0.1, 0.15) is 11.1 Å². The Labute approximate surface area is 76.0 Å². The van der Waals surface area contributed by atoms with Crippen molar-refractivity contribution in [1.29, 1.82) is 0 Å². The fourth-order valence-electron chi connectivity index (χ4n) is 1.67. The van der Waals surface area contributed by atoms with Crippen LogP contribution in [0.5, 0.6) is 0 Å². The van der Waals surface area contributed by atoms with E-state index in [1.807, 2.05) is 19.9 Å². The van der Waals surface area contributed by atoms with Crippen LogP contribution >= 0.6 is 0 Å². The van der Waals surface area contributed by atoms with Crippen LogP contribution in [0.15, 0.2) is 16.9 Å². The number of rotatable bonds is 0. The zero-order chi connectivity index (χ0) is 9.59. The highest BCUT2D eigenvalue weighted by Crippen LogP contribution is 2.16. The predicted molar refractivity (Wildman–Crippen MR) is 53.0 cm³/mol. The smallest absolute Gasteiger partial charge is 0.305 e. The minimum Gasteiger partial charge on any atom is -0.305 e. The van der Waals surface area contributed by atoms with Gasteiger partial charge in [-0.2, -0.15) is 0 Å². The number of hydrogen-bond acceptors (Lipinski definition) is 1. The van der Waals surface area contributed by atoms with Crippen molar-refractivity contribution < 1.29 is 0 Å². The number of aromatic amines is 1. The maximum absolute atomic E-state index is 11.3. The third-order valence-electron chi connectivity index (χ3n) is 2.36. The van der Waals surface area contributed by atoms with E-state index in [2.05, 4.69) is 11.1 Å². The van der Waals surface area contributed by atoms with E-state index in [9.17, 15) is 4.79 Å². The van der Waals surface area contributed by atoms with E-state index in [0.717, 1.165) is 16.6 Å². The van der Waals surface area contributed by atoms with Gasteiger partial charge < -0.3 is 4.98 Å². The minimum absolute atomic E-state index is 0.0521. The quantitative estimate of drug-likeness (QED) is 0.648. The first-order valence-electron chi connectivity index (χ1n) is 4.25. The molecule has 3 nitrogen and oxygen atoms in total. The van der Waals surface area contributed by atoms with Crippen molar-refractivity contribution in [2.75, 3.05) is 0 Å². The molecule has 0 aliphatic carbocycles. The number of aryl methyl sites for hydroxylation is 3. The molecule has 0 aliphatic heterocycles. The molecule has 0 amide bonds. The van der Waals surface area contributed by atoms with Crippen LogP contribution in [0.4, 0.5) is 0 Å². The molecule has 2 rings (SSSR count). The van der Waals surface area contributed by atoms with Gasteiger partial charge in [0.05, 0.1) is 11.0 Å². The molecule has 0 bridgehead atoms. The molecule has 1 N–H and O–H groups in total. The monoisotopic (exact) mass is 176 g/mol. The van der Waals surface area contributed by atoms with Crippen LogP contribution in [-0.2, 0) is 7.05 Å². The van der Waals surface area contributed by atoms with Crippen molar-refractivity contribution in [3.63, 3.8) is 0 Å². The fraction of sp³-hybridized carbons (Fsp3) is 0.300. The van der Waals surface area contributed by atoms with E-state index in [0.29, 0.717) is 0 Å². The summed E-state index contributed by atoms with van der Waals surface area (Å²) in [5, 5.41) is 0. The van der Waals surface area contributed by atoms with E-state index < -0.39 is 0 Å². The van der Waals surface area contributed by atoms with Crippen LogP contribution < -0.4 is 5.69 Å². The van der Waals surface area contributed by atoms with Crippen LogP contribution in [0.25, 0.3) is 11.0 Å². The van der Waals surface area contributed by atoms with Crippen molar-refractivity contribution in [2.24, 2.45) is 7.05 Å². The molecular formula is C10H12N2O. The number of fused-ring (bicyclic) bond motifs is 1. The second-order valence-corrected chi connectivity index (χ2v) is 3.47. The van der Waals surface area contributed by atoms with Gasteiger partial charge >= 0.3 is 5.69 Å². The highest BCUT2D eigenvalue weighted by molar-refractivity contribution is 5.79. The molecule has 68 valence electrons. The lowest BCUT2D eigenvalue weighted by atomic mass is 10.1. The van der Waals surface area contributed by atoms with E-state index in [1.165, 1.54) is 5.56 Å². The Hall–Kier alpha value is -1.51. The topological polar surface area (TPSA) is 37.8 Å². The summed E-state index contributed by atoms with van der Waals surface area (Å²) in [5.74, 6) is 0. The molecule has 3 heteroatoms. The zero-order valence-corrected chi connectivity index (χ0v) is 8.01. The normalized spacial score (nSPS) is 11.0. The van der Waals surface area contributed by atoms with Gasteiger partial charge in [0.25, 0.3) is 0 Å². The second kappa shape index (κ2) is 2.49. The fourth-order valence-corrected chi connectivity index (χ4v) is 1.67. The molecule has 0 fully saturated rings. The summed E-state index contributed by atoms with van der Waals surface area (Å²) < 4.78 is 1.63. The molecule has 0 saturated carbocycles. The maximum atomic E-state index is 11.3. The van der Waals surface area contributed by atoms with Gasteiger partial charge in [0.1, 0.15) is 0 Å². The number of H-pyrrole nitrogens is 1. The van der Waals surface area contributed by atoms with Crippen molar-refractivity contribution >= 4 is 11.0 Å². The molecule has 1 heterocycles. The Bertz CT molecular complexity index is 519. The van der Waals surface area contributed by atoms with Crippen LogP contribution in [0.2, 0.25) is 0 Å². The van der Waals surface area contributed by atoms with Crippen molar-refractivity contribution in [3.8, 4) is 0 Å². The minimum atomic E-state index is -0.0521. The van der Waals surface area contributed by atoms with E-state index in [-0.39, 0.29) is 5.69 Å². The molecule has 0 saturated heterocycles. The lowest BCUT2D eigenvalue weighted by Gasteiger charge is -1.99. The molecular weight excluding hydrogens is 164 g/mol. The van der Waals surface area contributed by atoms with Crippen LogP contribution in [-0.4, -0.2) is 9.55 Å². The van der Waals surface area contributed by atoms with Crippen LogP contribution in [0, 0.1) is 13.8 Å². The van der Waals surface area contributed by atoms with Crippen LogP contribution in [0.3, 0.4) is 0 Å². The van der Waals surface area contributed by atoms with Gasteiger partial charge in [-0.15, -0.1) is 0 Å². The Balaban J connectivity index is 3.03. The first kappa shape index (κ1) is 8.10. The van der Waals surface area contributed by atoms with Crippen molar-refractivity contribution in [1.82, 2.24) is 9.55 Å². The largest absolute Gasteiger partial charge is 0.326 e. The number of imidazole rings is 1. The second-order valence-electron chi connectivity index (χ2n) is 3.47. The van der Waals surface area contributed by atoms with Gasteiger partial charge in [0.15, 0.2) is 0 Å². The molecule has 1 aromatic carbocycles. The first-order valence-corrected chi connectivity index (χ1v) is 4.25. The average Bonchev–Trinajstić information content (AvgIpc) is 2.32. The van der Waals surface area contributed by atoms with Gasteiger partial charge in [0, 0.05) is 7.05 Å². The summed E-state index contributed by atoms with van der Waals surface area (Å²) in [6.07, 6.45) is 0. The van der Waals surface area contributed by atoms with E-state index in [1.54, 1.807) is 11.6 Å². The summed E-state index contributed by atoms with van der Waals surface area (Å²) >= 11 is 0. The van der Waals surface area contributed by atoms with E-state index in [4.69, 9.17) is 0 Å². The molecule has 0 unspecified atom stereocenters. The lowest BCUT2D eigenvalue weighted by Crippen LogP contribution is -2.11. The number of benzene rings is 1. The summed E-state index contributed by atoms with van der Waals surface area (Å²) in [6.45, 7) is 4.04. The Morgan fingerprint density at radius 2 is 2.00 bits per heavy atom. The van der Waals surface area contributed by atoms with Crippen molar-refractivity contribution in [2.45, 2.75) is 13.8 Å². The summed E-state index contributed by atoms with van der Waals surface area (Å²) in [6, 6.07) is 4.08. The summed E-state index contributed by atoms with van der Waals surface area (Å²) in [4.78, 5) is 14.1. The average molecular weight is 176 g/mol. The number of nitrogens with one attached hydrogen (secondary N) is 1. The highest BCUT2D eigenvalue weighted by atomic mass is 16.1. The van der Waals surface area contributed by atoms with Gasteiger partial charge in [-0.25, -0.2) is 4.79 Å². The van der Waals surface area contributed by atoms with Crippen molar-refractivity contribution in [3.05, 3.63) is 33.7 Å². The predicted octanol–water partition coefficient (Wildman–Crippen LogP) is 1.48. The molecule has 0 spiro atoms. The SMILES string of the molecule is Cc1cc(C)c2[nH]c(=O)n(C)c2c1. The Morgan fingerprint density at radius 1 is 1.31 bits per heavy atom. The summed E-state index contributed by atoms with van der Waals surface area (Å²) in [5.41, 5.74) is 4.16. The lowest BCUT2D eigenvalue weighted by molar-refractivity contribution is 0.891. The standard InChI is InChI=1S/C10H12N2O/c1-6-4-7(2)9-8(5-6)12(3)10(13)11-9/h4-5H,1-3H3,(H,11,13). The van der Waals surface area contributed by atoms with E-state index >= 15 is 0 Å². The Kier molecular flexibility index (Phi) is 1.55. The highest BCUT2D eigenvalue weighted by Gasteiger charge is 2.05. The first-order chi connectivity index (χ1) is 6.09. The number of aromatic nitrogens is 2. The molecule has 1 aromatic heterocycles. The maximum Gasteiger partial charge on any atom is 0.326 e. The molecule has 0 radical (unpaired) electrons. The number of nitrogens with zero attached hydrogens (tertiary/aromatic N) is 1. The third kappa shape index (κ3) is 1.08. The molecule has 2 aromatic rings. The third-order valence-corrected chi connectivity index (χ3v) is 2.36. The molecule has 13 heavy (non-hydrogen) atoms. The Morgan fingerprint density at radius 3 is 2.69 bits per heavy atom. The molecule has 0 aliphatic rings.